The number of hydrogen-bond donors (Lipinski definition) is 1. The van der Waals surface area contributed by atoms with Gasteiger partial charge in [0.05, 0.1) is 30.2 Å². The molecule has 0 spiro atoms. The first-order valence-corrected chi connectivity index (χ1v) is 11.5. The summed E-state index contributed by atoms with van der Waals surface area (Å²) in [7, 11) is 0. The Bertz CT molecular complexity index is 1340. The average molecular weight is 459 g/mol. The van der Waals surface area contributed by atoms with Crippen LogP contribution in [0.5, 0.6) is 11.5 Å². The normalized spacial score (nSPS) is 11.0. The van der Waals surface area contributed by atoms with E-state index < -0.39 is 0 Å². The maximum absolute atomic E-state index is 12.9. The van der Waals surface area contributed by atoms with Gasteiger partial charge >= 0.3 is 0 Å². The zero-order chi connectivity index (χ0) is 24.2. The number of carbonyl (C=O) groups is 1. The van der Waals surface area contributed by atoms with Crippen molar-refractivity contribution in [2.75, 3.05) is 13.2 Å². The molecule has 0 saturated heterocycles. The molecule has 0 atom stereocenters. The summed E-state index contributed by atoms with van der Waals surface area (Å²) in [4.78, 5) is 17.6. The Hall–Kier alpha value is -3.87. The molecule has 2 aromatic carbocycles. The molecule has 0 radical (unpaired) electrons. The fourth-order valence-electron chi connectivity index (χ4n) is 4.07. The minimum Gasteiger partial charge on any atom is -0.490 e. The van der Waals surface area contributed by atoms with Crippen LogP contribution in [0, 0.1) is 20.8 Å². The molecule has 2 aromatic heterocycles. The Morgan fingerprint density at radius 2 is 1.76 bits per heavy atom. The van der Waals surface area contributed by atoms with Crippen molar-refractivity contribution in [1.29, 1.82) is 0 Å². The summed E-state index contributed by atoms with van der Waals surface area (Å²) in [6.45, 7) is 11.3. The van der Waals surface area contributed by atoms with Gasteiger partial charge in [-0.3, -0.25) is 4.79 Å². The Morgan fingerprint density at radius 3 is 2.50 bits per heavy atom. The van der Waals surface area contributed by atoms with Gasteiger partial charge < -0.3 is 14.8 Å². The van der Waals surface area contributed by atoms with Crippen molar-refractivity contribution in [1.82, 2.24) is 19.9 Å². The van der Waals surface area contributed by atoms with Gasteiger partial charge in [0.25, 0.3) is 5.91 Å². The highest BCUT2D eigenvalue weighted by Crippen LogP contribution is 2.36. The number of benzene rings is 2. The molecule has 1 N–H and O–H groups in total. The Labute approximate surface area is 199 Å². The van der Waals surface area contributed by atoms with E-state index in [0.29, 0.717) is 42.5 Å². The minimum absolute atomic E-state index is 0.178. The molecule has 0 aliphatic carbocycles. The van der Waals surface area contributed by atoms with E-state index in [9.17, 15) is 4.79 Å². The molecule has 0 unspecified atom stereocenters. The van der Waals surface area contributed by atoms with Gasteiger partial charge in [0, 0.05) is 18.3 Å². The number of aromatic nitrogens is 3. The summed E-state index contributed by atoms with van der Waals surface area (Å²) in [6.07, 6.45) is 1.62. The monoisotopic (exact) mass is 458 g/mol. The number of nitrogens with zero attached hydrogens (tertiary/aromatic N) is 3. The fourth-order valence-corrected chi connectivity index (χ4v) is 4.07. The highest BCUT2D eigenvalue weighted by molar-refractivity contribution is 5.95. The lowest BCUT2D eigenvalue weighted by Crippen LogP contribution is -2.24. The van der Waals surface area contributed by atoms with Crippen molar-refractivity contribution in [3.05, 3.63) is 76.7 Å². The number of hydrogen-bond acceptors (Lipinski definition) is 5. The topological polar surface area (TPSA) is 77.8 Å². The third-order valence-electron chi connectivity index (χ3n) is 5.67. The zero-order valence-corrected chi connectivity index (χ0v) is 20.3. The van der Waals surface area contributed by atoms with Gasteiger partial charge in [0.2, 0.25) is 0 Å². The maximum Gasteiger partial charge on any atom is 0.254 e. The fraction of sp³-hybridized carbons (Fsp3) is 0.296. The zero-order valence-electron chi connectivity index (χ0n) is 20.3. The van der Waals surface area contributed by atoms with Crippen molar-refractivity contribution in [2.24, 2.45) is 0 Å². The van der Waals surface area contributed by atoms with Crippen molar-refractivity contribution in [2.45, 2.75) is 41.2 Å². The van der Waals surface area contributed by atoms with E-state index in [1.54, 1.807) is 10.7 Å². The first kappa shape index (κ1) is 23.3. The summed E-state index contributed by atoms with van der Waals surface area (Å²) in [5.74, 6) is 1.21. The second kappa shape index (κ2) is 9.95. The summed E-state index contributed by atoms with van der Waals surface area (Å²) < 4.78 is 13.2. The first-order valence-electron chi connectivity index (χ1n) is 11.5. The Balaban J connectivity index is 1.67. The number of carbonyl (C=O) groups excluding carboxylic acids is 1. The average Bonchev–Trinajstić information content (AvgIpc) is 3.16. The molecule has 1 amide bonds. The van der Waals surface area contributed by atoms with E-state index in [-0.39, 0.29) is 5.91 Å². The van der Waals surface area contributed by atoms with Gasteiger partial charge in [0.1, 0.15) is 0 Å². The second-order valence-electron chi connectivity index (χ2n) is 8.15. The molecular formula is C27H30N4O3. The standard InChI is InChI=1S/C27H30N4O3/c1-6-33-23-12-11-21(14-24(23)34-7-2)25-18(4)30-31-19(5)22(16-28-26(25)31)27(32)29-15-20-10-8-9-17(3)13-20/h8-14,16H,6-7,15H2,1-5H3,(H,29,32). The molecular weight excluding hydrogens is 428 g/mol. The molecule has 0 aliphatic heterocycles. The van der Waals surface area contributed by atoms with Gasteiger partial charge in [-0.15, -0.1) is 0 Å². The molecule has 176 valence electrons. The van der Waals surface area contributed by atoms with Crippen molar-refractivity contribution in [3.8, 4) is 22.6 Å². The lowest BCUT2D eigenvalue weighted by Gasteiger charge is -2.12. The van der Waals surface area contributed by atoms with E-state index in [4.69, 9.17) is 14.6 Å². The van der Waals surface area contributed by atoms with Gasteiger partial charge in [-0.2, -0.15) is 5.10 Å². The molecule has 0 fully saturated rings. The molecule has 0 bridgehead atoms. The third-order valence-corrected chi connectivity index (χ3v) is 5.67. The summed E-state index contributed by atoms with van der Waals surface area (Å²) in [6, 6.07) is 13.9. The van der Waals surface area contributed by atoms with Crippen molar-refractivity contribution < 1.29 is 14.3 Å². The molecule has 0 saturated carbocycles. The largest absolute Gasteiger partial charge is 0.490 e. The van der Waals surface area contributed by atoms with Gasteiger partial charge in [-0.1, -0.05) is 35.9 Å². The maximum atomic E-state index is 12.9. The van der Waals surface area contributed by atoms with E-state index in [2.05, 4.69) is 16.4 Å². The Kier molecular flexibility index (Phi) is 6.82. The second-order valence-corrected chi connectivity index (χ2v) is 8.15. The van der Waals surface area contributed by atoms with Gasteiger partial charge in [-0.25, -0.2) is 9.50 Å². The van der Waals surface area contributed by atoms with Crippen LogP contribution in [-0.4, -0.2) is 33.7 Å². The number of aryl methyl sites for hydroxylation is 3. The van der Waals surface area contributed by atoms with Crippen LogP contribution in [0.2, 0.25) is 0 Å². The quantitative estimate of drug-likeness (QED) is 0.400. The molecule has 7 heteroatoms. The van der Waals surface area contributed by atoms with Crippen LogP contribution in [0.1, 0.15) is 46.7 Å². The summed E-state index contributed by atoms with van der Waals surface area (Å²) in [5, 5.41) is 7.69. The predicted octanol–water partition coefficient (Wildman–Crippen LogP) is 5.05. The van der Waals surface area contributed by atoms with Crippen LogP contribution in [-0.2, 0) is 6.54 Å². The van der Waals surface area contributed by atoms with E-state index in [1.165, 1.54) is 0 Å². The molecule has 2 heterocycles. The van der Waals surface area contributed by atoms with Crippen LogP contribution in [0.15, 0.2) is 48.7 Å². The van der Waals surface area contributed by atoms with Crippen LogP contribution < -0.4 is 14.8 Å². The molecule has 0 aliphatic rings. The Morgan fingerprint density at radius 1 is 1.00 bits per heavy atom. The molecule has 4 aromatic rings. The number of fused-ring (bicyclic) bond motifs is 1. The molecule has 4 rings (SSSR count). The van der Waals surface area contributed by atoms with Gasteiger partial charge in [-0.05, 0) is 57.9 Å². The van der Waals surface area contributed by atoms with E-state index in [0.717, 1.165) is 33.6 Å². The SMILES string of the molecule is CCOc1ccc(-c2c(C)nn3c(C)c(C(=O)NCc4cccc(C)c4)cnc23)cc1OCC. The minimum atomic E-state index is -0.178. The van der Waals surface area contributed by atoms with Gasteiger partial charge in [0.15, 0.2) is 17.1 Å². The molecule has 7 nitrogen and oxygen atoms in total. The van der Waals surface area contributed by atoms with Crippen molar-refractivity contribution in [3.63, 3.8) is 0 Å². The third kappa shape index (κ3) is 4.59. The predicted molar refractivity (Wildman–Crippen MR) is 133 cm³/mol. The van der Waals surface area contributed by atoms with Crippen LogP contribution >= 0.6 is 0 Å². The van der Waals surface area contributed by atoms with Crippen LogP contribution in [0.25, 0.3) is 16.8 Å². The number of amides is 1. The number of nitrogens with one attached hydrogen (secondary N) is 1. The van der Waals surface area contributed by atoms with E-state index in [1.807, 2.05) is 71.0 Å². The van der Waals surface area contributed by atoms with E-state index >= 15 is 0 Å². The highest BCUT2D eigenvalue weighted by Gasteiger charge is 2.20. The lowest BCUT2D eigenvalue weighted by atomic mass is 10.1. The smallest absolute Gasteiger partial charge is 0.254 e. The molecule has 34 heavy (non-hydrogen) atoms. The summed E-state index contributed by atoms with van der Waals surface area (Å²) >= 11 is 0. The number of rotatable bonds is 8. The number of ether oxygens (including phenoxy) is 2. The summed E-state index contributed by atoms with van der Waals surface area (Å²) in [5.41, 5.74) is 6.79. The first-order chi connectivity index (χ1) is 16.4. The van der Waals surface area contributed by atoms with Crippen LogP contribution in [0.3, 0.4) is 0 Å². The van der Waals surface area contributed by atoms with Crippen molar-refractivity contribution >= 4 is 11.6 Å². The lowest BCUT2D eigenvalue weighted by molar-refractivity contribution is 0.0949. The van der Waals surface area contributed by atoms with Crippen LogP contribution in [0.4, 0.5) is 0 Å². The highest BCUT2D eigenvalue weighted by atomic mass is 16.5.